The average Bonchev–Trinajstić information content (AvgIpc) is 2.32. The van der Waals surface area contributed by atoms with Crippen molar-refractivity contribution in [2.75, 3.05) is 11.9 Å². The highest BCUT2D eigenvalue weighted by atomic mass is 35.5. The Morgan fingerprint density at radius 1 is 1.35 bits per heavy atom. The molecule has 0 aliphatic rings. The number of nitrogens with one attached hydrogen (secondary N) is 1. The maximum absolute atomic E-state index is 13.0. The van der Waals surface area contributed by atoms with Crippen LogP contribution in [0.25, 0.3) is 0 Å². The maximum atomic E-state index is 13.0. The van der Waals surface area contributed by atoms with Gasteiger partial charge in [0.2, 0.25) is 0 Å². The number of anilines is 1. The van der Waals surface area contributed by atoms with Crippen molar-refractivity contribution in [3.05, 3.63) is 29.0 Å². The lowest BCUT2D eigenvalue weighted by Gasteiger charge is -2.34. The van der Waals surface area contributed by atoms with Crippen LogP contribution < -0.4 is 5.32 Å². The van der Waals surface area contributed by atoms with E-state index in [9.17, 15) is 14.0 Å². The third-order valence-electron chi connectivity index (χ3n) is 2.74. The summed E-state index contributed by atoms with van der Waals surface area (Å²) < 4.78 is 13.0. The molecule has 0 radical (unpaired) electrons. The van der Waals surface area contributed by atoms with Crippen LogP contribution in [0.1, 0.15) is 27.7 Å². The van der Waals surface area contributed by atoms with Gasteiger partial charge in [-0.05, 0) is 45.9 Å². The smallest absolute Gasteiger partial charge is 0.313 e. The quantitative estimate of drug-likeness (QED) is 0.853. The van der Waals surface area contributed by atoms with E-state index in [0.717, 1.165) is 6.07 Å². The molecule has 1 rings (SSSR count). The predicted octanol–water partition coefficient (Wildman–Crippen LogP) is 3.06. The van der Waals surface area contributed by atoms with Crippen molar-refractivity contribution < 1.29 is 14.0 Å². The summed E-state index contributed by atoms with van der Waals surface area (Å²) in [5.74, 6) is -1.99. The minimum Gasteiger partial charge on any atom is -0.330 e. The summed E-state index contributed by atoms with van der Waals surface area (Å²) in [6, 6.07) is 3.74. The molecule has 1 aromatic rings. The number of nitrogens with zero attached hydrogens (tertiary/aromatic N) is 1. The molecule has 0 atom stereocenters. The number of carbonyl (C=O) groups excluding carboxylic acids is 2. The number of hydrogen-bond acceptors (Lipinski definition) is 2. The molecular formula is C14H18ClFN2O2. The van der Waals surface area contributed by atoms with Crippen LogP contribution in [0.15, 0.2) is 18.2 Å². The van der Waals surface area contributed by atoms with E-state index in [1.54, 1.807) is 6.92 Å². The molecule has 0 saturated heterocycles. The molecule has 110 valence electrons. The van der Waals surface area contributed by atoms with Crippen molar-refractivity contribution in [1.82, 2.24) is 4.90 Å². The number of rotatable bonds is 2. The van der Waals surface area contributed by atoms with Crippen molar-refractivity contribution >= 4 is 29.1 Å². The largest absolute Gasteiger partial charge is 0.330 e. The van der Waals surface area contributed by atoms with Gasteiger partial charge in [0.25, 0.3) is 0 Å². The van der Waals surface area contributed by atoms with E-state index in [-0.39, 0.29) is 10.7 Å². The van der Waals surface area contributed by atoms with Crippen LogP contribution in [-0.4, -0.2) is 28.8 Å². The van der Waals surface area contributed by atoms with Gasteiger partial charge in [0.1, 0.15) is 5.82 Å². The van der Waals surface area contributed by atoms with Crippen molar-refractivity contribution in [2.45, 2.75) is 33.2 Å². The molecule has 6 heteroatoms. The maximum Gasteiger partial charge on any atom is 0.313 e. The van der Waals surface area contributed by atoms with E-state index in [1.165, 1.54) is 17.0 Å². The Morgan fingerprint density at radius 2 is 1.95 bits per heavy atom. The zero-order chi connectivity index (χ0) is 15.5. The van der Waals surface area contributed by atoms with Crippen LogP contribution in [0.5, 0.6) is 0 Å². The molecule has 20 heavy (non-hydrogen) atoms. The molecule has 0 aromatic heterocycles. The van der Waals surface area contributed by atoms with Crippen molar-refractivity contribution in [3.63, 3.8) is 0 Å². The normalized spacial score (nSPS) is 11.1. The van der Waals surface area contributed by atoms with Gasteiger partial charge in [0, 0.05) is 17.8 Å². The topological polar surface area (TPSA) is 49.4 Å². The van der Waals surface area contributed by atoms with Gasteiger partial charge in [-0.25, -0.2) is 4.39 Å². The van der Waals surface area contributed by atoms with E-state index in [1.807, 2.05) is 20.8 Å². The second-order valence-electron chi connectivity index (χ2n) is 5.30. The molecule has 0 heterocycles. The predicted molar refractivity (Wildman–Crippen MR) is 77.2 cm³/mol. The molecule has 0 saturated carbocycles. The molecule has 0 aliphatic carbocycles. The minimum absolute atomic E-state index is 0.113. The molecule has 0 fully saturated rings. The molecule has 2 amide bonds. The van der Waals surface area contributed by atoms with E-state index < -0.39 is 23.2 Å². The molecule has 0 aliphatic heterocycles. The second kappa shape index (κ2) is 6.22. The number of benzene rings is 1. The van der Waals surface area contributed by atoms with Crippen LogP contribution in [0.3, 0.4) is 0 Å². The van der Waals surface area contributed by atoms with Crippen molar-refractivity contribution in [3.8, 4) is 0 Å². The minimum atomic E-state index is -0.774. The average molecular weight is 301 g/mol. The van der Waals surface area contributed by atoms with Gasteiger partial charge in [-0.2, -0.15) is 0 Å². The summed E-state index contributed by atoms with van der Waals surface area (Å²) >= 11 is 5.62. The van der Waals surface area contributed by atoms with Gasteiger partial charge in [-0.3, -0.25) is 9.59 Å². The number of hydrogen-bond donors (Lipinski definition) is 1. The Labute approximate surface area is 122 Å². The lowest BCUT2D eigenvalue weighted by Crippen LogP contribution is -2.49. The lowest BCUT2D eigenvalue weighted by atomic mass is 10.1. The zero-order valence-corrected chi connectivity index (χ0v) is 12.7. The summed E-state index contributed by atoms with van der Waals surface area (Å²) in [6.45, 7) is 7.74. The first-order valence-electron chi connectivity index (χ1n) is 6.24. The van der Waals surface area contributed by atoms with E-state index in [4.69, 9.17) is 11.6 Å². The van der Waals surface area contributed by atoms with E-state index >= 15 is 0 Å². The van der Waals surface area contributed by atoms with Gasteiger partial charge in [-0.15, -0.1) is 0 Å². The van der Waals surface area contributed by atoms with Crippen molar-refractivity contribution in [1.29, 1.82) is 0 Å². The zero-order valence-electron chi connectivity index (χ0n) is 12.0. The number of carbonyl (C=O) groups is 2. The molecular weight excluding hydrogens is 283 g/mol. The highest BCUT2D eigenvalue weighted by Crippen LogP contribution is 2.20. The Balaban J connectivity index is 2.85. The highest BCUT2D eigenvalue weighted by Gasteiger charge is 2.29. The van der Waals surface area contributed by atoms with E-state index in [0.29, 0.717) is 6.54 Å². The van der Waals surface area contributed by atoms with Gasteiger partial charge >= 0.3 is 11.8 Å². The van der Waals surface area contributed by atoms with Crippen molar-refractivity contribution in [2.24, 2.45) is 0 Å². The molecule has 0 unspecified atom stereocenters. The fraction of sp³-hybridized carbons (Fsp3) is 0.429. The van der Waals surface area contributed by atoms with Crippen LogP contribution in [-0.2, 0) is 9.59 Å². The van der Waals surface area contributed by atoms with Crippen LogP contribution in [0.4, 0.5) is 10.1 Å². The fourth-order valence-corrected chi connectivity index (χ4v) is 1.98. The molecule has 0 bridgehead atoms. The van der Waals surface area contributed by atoms with Crippen LogP contribution in [0.2, 0.25) is 5.02 Å². The SMILES string of the molecule is CCN(C(=O)C(=O)Nc1ccc(F)c(Cl)c1)C(C)(C)C. The lowest BCUT2D eigenvalue weighted by molar-refractivity contribution is -0.146. The number of halogens is 2. The number of likely N-dealkylation sites (N-methyl/N-ethyl adjacent to an activating group) is 1. The van der Waals surface area contributed by atoms with Gasteiger partial charge in [0.15, 0.2) is 0 Å². The first kappa shape index (κ1) is 16.4. The Hall–Kier alpha value is -1.62. The highest BCUT2D eigenvalue weighted by molar-refractivity contribution is 6.40. The first-order valence-corrected chi connectivity index (χ1v) is 6.62. The summed E-state index contributed by atoms with van der Waals surface area (Å²) in [7, 11) is 0. The first-order chi connectivity index (χ1) is 9.16. The molecule has 1 N–H and O–H groups in total. The van der Waals surface area contributed by atoms with Gasteiger partial charge in [-0.1, -0.05) is 11.6 Å². The Kier molecular flexibility index (Phi) is 5.11. The summed E-state index contributed by atoms with van der Waals surface area (Å²) in [5, 5.41) is 2.30. The third kappa shape index (κ3) is 3.93. The third-order valence-corrected chi connectivity index (χ3v) is 3.03. The Morgan fingerprint density at radius 3 is 2.40 bits per heavy atom. The Bertz CT molecular complexity index is 526. The fourth-order valence-electron chi connectivity index (χ4n) is 1.80. The van der Waals surface area contributed by atoms with Gasteiger partial charge in [0.05, 0.1) is 5.02 Å². The van der Waals surface area contributed by atoms with Crippen LogP contribution >= 0.6 is 11.6 Å². The summed E-state index contributed by atoms with van der Waals surface area (Å²) in [5.41, 5.74) is -0.177. The summed E-state index contributed by atoms with van der Waals surface area (Å²) in [6.07, 6.45) is 0. The number of amides is 2. The van der Waals surface area contributed by atoms with E-state index in [2.05, 4.69) is 5.32 Å². The second-order valence-corrected chi connectivity index (χ2v) is 5.71. The standard InChI is InChI=1S/C14H18ClFN2O2/c1-5-18(14(2,3)4)13(20)12(19)17-9-6-7-11(16)10(15)8-9/h6-8H,5H2,1-4H3,(H,17,19). The monoisotopic (exact) mass is 300 g/mol. The van der Waals surface area contributed by atoms with Gasteiger partial charge < -0.3 is 10.2 Å². The summed E-state index contributed by atoms with van der Waals surface area (Å²) in [4.78, 5) is 25.5. The molecule has 4 nitrogen and oxygen atoms in total. The molecule has 1 aromatic carbocycles. The molecule has 0 spiro atoms. The van der Waals surface area contributed by atoms with Crippen LogP contribution in [0, 0.1) is 5.82 Å².